The maximum absolute atomic E-state index is 5.86. The summed E-state index contributed by atoms with van der Waals surface area (Å²) in [5.74, 6) is 0.758. The molecule has 5 heteroatoms. The van der Waals surface area contributed by atoms with Crippen LogP contribution in [-0.4, -0.2) is 21.5 Å². The van der Waals surface area contributed by atoms with Gasteiger partial charge in [-0.25, -0.2) is 9.97 Å². The summed E-state index contributed by atoms with van der Waals surface area (Å²) in [6.45, 7) is 3.57. The molecular weight excluding hydrogens is 214 g/mol. The Kier molecular flexibility index (Phi) is 3.49. The second-order valence-corrected chi connectivity index (χ2v) is 3.64. The van der Waals surface area contributed by atoms with Crippen LogP contribution in [0, 0.1) is 0 Å². The molecule has 17 heavy (non-hydrogen) atoms. The van der Waals surface area contributed by atoms with Gasteiger partial charge in [0.2, 0.25) is 0 Å². The van der Waals surface area contributed by atoms with Crippen LogP contribution in [0.2, 0.25) is 0 Å². The first-order valence-electron chi connectivity index (χ1n) is 5.51. The van der Waals surface area contributed by atoms with Crippen LogP contribution in [0.25, 0.3) is 0 Å². The highest BCUT2D eigenvalue weighted by atomic mass is 15.2. The van der Waals surface area contributed by atoms with E-state index in [1.54, 1.807) is 12.4 Å². The molecule has 88 valence electrons. The van der Waals surface area contributed by atoms with Crippen molar-refractivity contribution in [1.82, 2.24) is 15.0 Å². The molecule has 2 aromatic rings. The number of pyridine rings is 1. The lowest BCUT2D eigenvalue weighted by atomic mass is 10.3. The molecule has 0 radical (unpaired) electrons. The minimum Gasteiger partial charge on any atom is -0.394 e. The normalized spacial score (nSPS) is 10.2. The molecule has 0 bridgehead atoms. The van der Waals surface area contributed by atoms with Crippen molar-refractivity contribution in [3.05, 3.63) is 42.6 Å². The van der Waals surface area contributed by atoms with Crippen molar-refractivity contribution in [1.29, 1.82) is 0 Å². The van der Waals surface area contributed by atoms with Crippen LogP contribution >= 0.6 is 0 Å². The van der Waals surface area contributed by atoms with Gasteiger partial charge in [0, 0.05) is 12.7 Å². The molecule has 0 saturated carbocycles. The van der Waals surface area contributed by atoms with E-state index in [2.05, 4.69) is 26.8 Å². The van der Waals surface area contributed by atoms with E-state index in [1.165, 1.54) is 6.33 Å². The summed E-state index contributed by atoms with van der Waals surface area (Å²) >= 11 is 0. The zero-order chi connectivity index (χ0) is 12.1. The summed E-state index contributed by atoms with van der Waals surface area (Å²) in [4.78, 5) is 14.5. The number of nitrogen functional groups attached to an aromatic ring is 1. The topological polar surface area (TPSA) is 67.9 Å². The smallest absolute Gasteiger partial charge is 0.155 e. The van der Waals surface area contributed by atoms with Crippen molar-refractivity contribution < 1.29 is 0 Å². The monoisotopic (exact) mass is 229 g/mol. The highest BCUT2D eigenvalue weighted by molar-refractivity contribution is 5.60. The van der Waals surface area contributed by atoms with Gasteiger partial charge in [-0.15, -0.1) is 0 Å². The van der Waals surface area contributed by atoms with Crippen molar-refractivity contribution in [2.24, 2.45) is 0 Å². The first kappa shape index (κ1) is 11.3. The molecule has 0 saturated heterocycles. The van der Waals surface area contributed by atoms with Gasteiger partial charge in [-0.1, -0.05) is 6.07 Å². The molecule has 0 amide bonds. The molecule has 2 heterocycles. The Bertz CT molecular complexity index is 471. The summed E-state index contributed by atoms with van der Waals surface area (Å²) in [7, 11) is 0. The third kappa shape index (κ3) is 2.69. The standard InChI is InChI=1S/C12H15N5/c1-2-17(8-10-5-3-4-6-15-10)12-11(13)7-14-9-16-12/h3-7,9H,2,8,13H2,1H3. The first-order valence-corrected chi connectivity index (χ1v) is 5.51. The lowest BCUT2D eigenvalue weighted by Crippen LogP contribution is -2.24. The lowest BCUT2D eigenvalue weighted by Gasteiger charge is -2.22. The Morgan fingerprint density at radius 1 is 1.29 bits per heavy atom. The predicted molar refractivity (Wildman–Crippen MR) is 67.4 cm³/mol. The number of hydrogen-bond donors (Lipinski definition) is 1. The molecule has 0 aliphatic rings. The second-order valence-electron chi connectivity index (χ2n) is 3.64. The molecule has 0 atom stereocenters. The summed E-state index contributed by atoms with van der Waals surface area (Å²) in [6, 6.07) is 5.86. The largest absolute Gasteiger partial charge is 0.394 e. The van der Waals surface area contributed by atoms with E-state index in [4.69, 9.17) is 5.73 Å². The highest BCUT2D eigenvalue weighted by Gasteiger charge is 2.10. The highest BCUT2D eigenvalue weighted by Crippen LogP contribution is 2.19. The number of hydrogen-bond acceptors (Lipinski definition) is 5. The van der Waals surface area contributed by atoms with Gasteiger partial charge in [0.1, 0.15) is 6.33 Å². The predicted octanol–water partition coefficient (Wildman–Crippen LogP) is 1.48. The molecule has 0 aliphatic heterocycles. The first-order chi connectivity index (χ1) is 8.31. The molecule has 0 aliphatic carbocycles. The summed E-state index contributed by atoms with van der Waals surface area (Å²) in [5, 5.41) is 0. The van der Waals surface area contributed by atoms with Crippen molar-refractivity contribution in [3.8, 4) is 0 Å². The second kappa shape index (κ2) is 5.25. The Morgan fingerprint density at radius 2 is 2.18 bits per heavy atom. The van der Waals surface area contributed by atoms with E-state index in [0.717, 1.165) is 18.1 Å². The Morgan fingerprint density at radius 3 is 2.82 bits per heavy atom. The van der Waals surface area contributed by atoms with Crippen LogP contribution in [0.3, 0.4) is 0 Å². The van der Waals surface area contributed by atoms with E-state index >= 15 is 0 Å². The molecule has 2 aromatic heterocycles. The quantitative estimate of drug-likeness (QED) is 0.860. The van der Waals surface area contributed by atoms with Crippen LogP contribution < -0.4 is 10.6 Å². The minimum atomic E-state index is 0.588. The third-order valence-corrected chi connectivity index (χ3v) is 2.48. The van der Waals surface area contributed by atoms with Crippen LogP contribution in [0.1, 0.15) is 12.6 Å². The molecule has 0 aromatic carbocycles. The van der Waals surface area contributed by atoms with Crippen molar-refractivity contribution in [2.45, 2.75) is 13.5 Å². The average Bonchev–Trinajstić information content (AvgIpc) is 2.38. The fraction of sp³-hybridized carbons (Fsp3) is 0.250. The van der Waals surface area contributed by atoms with E-state index < -0.39 is 0 Å². The summed E-state index contributed by atoms with van der Waals surface area (Å²) in [6.07, 6.45) is 4.91. The maximum atomic E-state index is 5.86. The average molecular weight is 229 g/mol. The van der Waals surface area contributed by atoms with E-state index in [9.17, 15) is 0 Å². The van der Waals surface area contributed by atoms with Gasteiger partial charge in [0.05, 0.1) is 24.1 Å². The number of nitrogens with two attached hydrogens (primary N) is 1. The molecule has 0 unspecified atom stereocenters. The van der Waals surface area contributed by atoms with Crippen molar-refractivity contribution in [3.63, 3.8) is 0 Å². The van der Waals surface area contributed by atoms with Crippen LogP contribution in [0.15, 0.2) is 36.9 Å². The number of nitrogens with zero attached hydrogens (tertiary/aromatic N) is 4. The van der Waals surface area contributed by atoms with Gasteiger partial charge >= 0.3 is 0 Å². The van der Waals surface area contributed by atoms with Gasteiger partial charge in [0.25, 0.3) is 0 Å². The molecular formula is C12H15N5. The van der Waals surface area contributed by atoms with Gasteiger partial charge in [-0.3, -0.25) is 4.98 Å². The van der Waals surface area contributed by atoms with Gasteiger partial charge in [-0.2, -0.15) is 0 Å². The SMILES string of the molecule is CCN(Cc1ccccn1)c1ncncc1N. The molecule has 5 nitrogen and oxygen atoms in total. The third-order valence-electron chi connectivity index (χ3n) is 2.48. The van der Waals surface area contributed by atoms with E-state index in [-0.39, 0.29) is 0 Å². The fourth-order valence-electron chi connectivity index (χ4n) is 1.62. The fourth-order valence-corrected chi connectivity index (χ4v) is 1.62. The van der Waals surface area contributed by atoms with E-state index in [0.29, 0.717) is 12.2 Å². The Labute approximate surface area is 100 Å². The van der Waals surface area contributed by atoms with E-state index in [1.807, 2.05) is 18.2 Å². The summed E-state index contributed by atoms with van der Waals surface area (Å²) in [5.41, 5.74) is 7.44. The van der Waals surface area contributed by atoms with Crippen LogP contribution in [-0.2, 0) is 6.54 Å². The number of rotatable bonds is 4. The number of anilines is 2. The summed E-state index contributed by atoms with van der Waals surface area (Å²) < 4.78 is 0. The van der Waals surface area contributed by atoms with Crippen molar-refractivity contribution >= 4 is 11.5 Å². The molecule has 0 fully saturated rings. The zero-order valence-corrected chi connectivity index (χ0v) is 9.74. The van der Waals surface area contributed by atoms with Gasteiger partial charge in [-0.05, 0) is 19.1 Å². The van der Waals surface area contributed by atoms with Gasteiger partial charge in [0.15, 0.2) is 5.82 Å². The molecule has 0 spiro atoms. The van der Waals surface area contributed by atoms with Crippen LogP contribution in [0.5, 0.6) is 0 Å². The molecule has 2 rings (SSSR count). The van der Waals surface area contributed by atoms with Crippen LogP contribution in [0.4, 0.5) is 11.5 Å². The lowest BCUT2D eigenvalue weighted by molar-refractivity contribution is 0.793. The minimum absolute atomic E-state index is 0.588. The number of aromatic nitrogens is 3. The zero-order valence-electron chi connectivity index (χ0n) is 9.74. The Hall–Kier alpha value is -2.17. The van der Waals surface area contributed by atoms with Crippen molar-refractivity contribution in [2.75, 3.05) is 17.2 Å². The maximum Gasteiger partial charge on any atom is 0.155 e. The molecule has 2 N–H and O–H groups in total. The Balaban J connectivity index is 2.21. The van der Waals surface area contributed by atoms with Gasteiger partial charge < -0.3 is 10.6 Å².